The van der Waals surface area contributed by atoms with Gasteiger partial charge in [-0.3, -0.25) is 4.79 Å². The number of hydrogen-bond donors (Lipinski definition) is 2. The summed E-state index contributed by atoms with van der Waals surface area (Å²) in [6.07, 6.45) is 2.93. The second-order valence-electron chi connectivity index (χ2n) is 5.18. The monoisotopic (exact) mass is 281 g/mol. The first-order valence-corrected chi connectivity index (χ1v) is 7.16. The van der Waals surface area contributed by atoms with Crippen molar-refractivity contribution in [1.29, 1.82) is 0 Å². The fourth-order valence-corrected chi connectivity index (χ4v) is 2.66. The molecule has 1 aliphatic heterocycles. The number of piperidine rings is 1. The topological polar surface area (TPSA) is 54.0 Å². The van der Waals surface area contributed by atoms with Crippen molar-refractivity contribution in [2.45, 2.75) is 26.2 Å². The lowest BCUT2D eigenvalue weighted by molar-refractivity contribution is -0.117. The maximum Gasteiger partial charge on any atom is 0.225 e. The molecule has 1 saturated heterocycles. The molecule has 1 aromatic rings. The number of hydrogen-bond acceptors (Lipinski definition) is 3. The Bertz CT molecular complexity index is 432. The number of amides is 1. The second kappa shape index (κ2) is 6.87. The number of nitrogens with zero attached hydrogens (tertiary/aromatic N) is 1. The van der Waals surface area contributed by atoms with Crippen LogP contribution in [0.1, 0.15) is 26.2 Å². The zero-order chi connectivity index (χ0) is 13.7. The van der Waals surface area contributed by atoms with Crippen molar-refractivity contribution < 1.29 is 4.79 Å². The summed E-state index contributed by atoms with van der Waals surface area (Å²) in [6.45, 7) is 4.26. The quantitative estimate of drug-likeness (QED) is 0.835. The second-order valence-corrected chi connectivity index (χ2v) is 5.57. The van der Waals surface area contributed by atoms with Crippen LogP contribution in [0.15, 0.2) is 18.2 Å². The summed E-state index contributed by atoms with van der Waals surface area (Å²) in [7, 11) is 0. The van der Waals surface area contributed by atoms with E-state index in [9.17, 15) is 4.79 Å². The summed E-state index contributed by atoms with van der Waals surface area (Å²) in [4.78, 5) is 16.0. The lowest BCUT2D eigenvalue weighted by Gasteiger charge is -2.27. The highest BCUT2D eigenvalue weighted by atomic mass is 35.5. The van der Waals surface area contributed by atoms with E-state index in [1.54, 1.807) is 18.2 Å². The Morgan fingerprint density at radius 2 is 2.47 bits per heavy atom. The van der Waals surface area contributed by atoms with Crippen LogP contribution in [0.2, 0.25) is 5.15 Å². The maximum absolute atomic E-state index is 12.0. The van der Waals surface area contributed by atoms with E-state index in [1.807, 2.05) is 0 Å². The normalized spacial score (nSPS) is 20.8. The van der Waals surface area contributed by atoms with E-state index >= 15 is 0 Å². The Morgan fingerprint density at radius 3 is 3.16 bits per heavy atom. The predicted octanol–water partition coefficient (Wildman–Crippen LogP) is 2.70. The minimum absolute atomic E-state index is 0.00726. The number of carbonyl (C=O) groups excluding carboxylic acids is 1. The molecule has 2 rings (SSSR count). The van der Waals surface area contributed by atoms with Gasteiger partial charge in [0.25, 0.3) is 0 Å². The largest absolute Gasteiger partial charge is 0.316 e. The molecule has 2 atom stereocenters. The van der Waals surface area contributed by atoms with E-state index in [0.717, 1.165) is 13.1 Å². The van der Waals surface area contributed by atoms with Gasteiger partial charge in [0, 0.05) is 6.42 Å². The third-order valence-corrected chi connectivity index (χ3v) is 3.84. The number of anilines is 1. The molecule has 0 radical (unpaired) electrons. The Labute approximate surface area is 118 Å². The van der Waals surface area contributed by atoms with Gasteiger partial charge in [-0.25, -0.2) is 4.98 Å². The van der Waals surface area contributed by atoms with Crippen molar-refractivity contribution in [3.05, 3.63) is 23.4 Å². The lowest BCUT2D eigenvalue weighted by atomic mass is 9.85. The Hall–Kier alpha value is -1.13. The van der Waals surface area contributed by atoms with Gasteiger partial charge in [-0.05, 0) is 49.9 Å². The predicted molar refractivity (Wildman–Crippen MR) is 77.3 cm³/mol. The first-order valence-electron chi connectivity index (χ1n) is 6.78. The van der Waals surface area contributed by atoms with Crippen molar-refractivity contribution in [2.75, 3.05) is 18.4 Å². The molecule has 0 spiro atoms. The van der Waals surface area contributed by atoms with Gasteiger partial charge < -0.3 is 10.6 Å². The van der Waals surface area contributed by atoms with Crippen molar-refractivity contribution in [3.8, 4) is 0 Å². The van der Waals surface area contributed by atoms with Crippen LogP contribution < -0.4 is 10.6 Å². The molecule has 2 heterocycles. The summed E-state index contributed by atoms with van der Waals surface area (Å²) >= 11 is 5.79. The SMILES string of the molecule is CC(CC(=O)Nc1cccc(Cl)n1)C1CCCNC1. The molecule has 2 unspecified atom stereocenters. The van der Waals surface area contributed by atoms with Crippen molar-refractivity contribution in [2.24, 2.45) is 11.8 Å². The smallest absolute Gasteiger partial charge is 0.225 e. The van der Waals surface area contributed by atoms with E-state index in [0.29, 0.717) is 29.2 Å². The summed E-state index contributed by atoms with van der Waals surface area (Å²) in [5.41, 5.74) is 0. The van der Waals surface area contributed by atoms with E-state index < -0.39 is 0 Å². The lowest BCUT2D eigenvalue weighted by Crippen LogP contribution is -2.34. The van der Waals surface area contributed by atoms with Crippen molar-refractivity contribution >= 4 is 23.3 Å². The average Bonchev–Trinajstić information content (AvgIpc) is 2.39. The summed E-state index contributed by atoms with van der Waals surface area (Å²) in [6, 6.07) is 5.21. The fraction of sp³-hybridized carbons (Fsp3) is 0.571. The van der Waals surface area contributed by atoms with E-state index in [4.69, 9.17) is 11.6 Å². The number of pyridine rings is 1. The number of carbonyl (C=O) groups is 1. The molecule has 0 aromatic carbocycles. The van der Waals surface area contributed by atoms with Crippen LogP contribution in [-0.2, 0) is 4.79 Å². The van der Waals surface area contributed by atoms with Crippen LogP contribution in [-0.4, -0.2) is 24.0 Å². The van der Waals surface area contributed by atoms with Crippen LogP contribution in [0.5, 0.6) is 0 Å². The number of aromatic nitrogens is 1. The zero-order valence-corrected chi connectivity index (χ0v) is 11.9. The molecule has 5 heteroatoms. The fourth-order valence-electron chi connectivity index (χ4n) is 2.50. The average molecular weight is 282 g/mol. The van der Waals surface area contributed by atoms with Gasteiger partial charge in [0.15, 0.2) is 0 Å². The van der Waals surface area contributed by atoms with Gasteiger partial charge in [-0.2, -0.15) is 0 Å². The maximum atomic E-state index is 12.0. The van der Waals surface area contributed by atoms with E-state index in [2.05, 4.69) is 22.5 Å². The van der Waals surface area contributed by atoms with Crippen LogP contribution in [0.3, 0.4) is 0 Å². The first kappa shape index (κ1) is 14.3. The number of halogens is 1. The molecule has 1 aromatic heterocycles. The molecule has 19 heavy (non-hydrogen) atoms. The van der Waals surface area contributed by atoms with E-state index in [-0.39, 0.29) is 5.91 Å². The molecule has 104 valence electrons. The molecule has 0 aliphatic carbocycles. The van der Waals surface area contributed by atoms with Crippen LogP contribution in [0, 0.1) is 11.8 Å². The highest BCUT2D eigenvalue weighted by Crippen LogP contribution is 2.23. The van der Waals surface area contributed by atoms with Crippen molar-refractivity contribution in [1.82, 2.24) is 10.3 Å². The minimum Gasteiger partial charge on any atom is -0.316 e. The van der Waals surface area contributed by atoms with Gasteiger partial charge in [-0.1, -0.05) is 24.6 Å². The third kappa shape index (κ3) is 4.48. The minimum atomic E-state index is 0.00726. The Kier molecular flexibility index (Phi) is 5.16. The molecule has 1 fully saturated rings. The van der Waals surface area contributed by atoms with Gasteiger partial charge in [-0.15, -0.1) is 0 Å². The molecule has 1 amide bonds. The molecule has 1 aliphatic rings. The molecule has 4 nitrogen and oxygen atoms in total. The Balaban J connectivity index is 1.83. The molecule has 0 saturated carbocycles. The highest BCUT2D eigenvalue weighted by Gasteiger charge is 2.22. The molecule has 2 N–H and O–H groups in total. The summed E-state index contributed by atoms with van der Waals surface area (Å²) in [5.74, 6) is 1.50. The highest BCUT2D eigenvalue weighted by molar-refractivity contribution is 6.29. The van der Waals surface area contributed by atoms with Crippen LogP contribution in [0.4, 0.5) is 5.82 Å². The zero-order valence-electron chi connectivity index (χ0n) is 11.2. The summed E-state index contributed by atoms with van der Waals surface area (Å²) < 4.78 is 0. The molecular formula is C14H20ClN3O. The number of nitrogens with one attached hydrogen (secondary N) is 2. The van der Waals surface area contributed by atoms with Gasteiger partial charge in [0.2, 0.25) is 5.91 Å². The molecular weight excluding hydrogens is 262 g/mol. The van der Waals surface area contributed by atoms with Crippen LogP contribution >= 0.6 is 11.6 Å². The first-order chi connectivity index (χ1) is 9.15. The number of rotatable bonds is 4. The summed E-state index contributed by atoms with van der Waals surface area (Å²) in [5, 5.41) is 6.57. The van der Waals surface area contributed by atoms with Crippen LogP contribution in [0.25, 0.3) is 0 Å². The van der Waals surface area contributed by atoms with Gasteiger partial charge >= 0.3 is 0 Å². The Morgan fingerprint density at radius 1 is 1.63 bits per heavy atom. The molecule has 0 bridgehead atoms. The van der Waals surface area contributed by atoms with Gasteiger partial charge in [0.05, 0.1) is 0 Å². The van der Waals surface area contributed by atoms with Crippen molar-refractivity contribution in [3.63, 3.8) is 0 Å². The third-order valence-electron chi connectivity index (χ3n) is 3.63. The van der Waals surface area contributed by atoms with Gasteiger partial charge in [0.1, 0.15) is 11.0 Å². The van der Waals surface area contributed by atoms with E-state index in [1.165, 1.54) is 12.8 Å². The standard InChI is InChI=1S/C14H20ClN3O/c1-10(11-4-3-7-16-9-11)8-14(19)18-13-6-2-5-12(15)17-13/h2,5-6,10-11,16H,3-4,7-9H2,1H3,(H,17,18,19).